The Balaban J connectivity index is 1.34. The number of rotatable bonds is 7. The molecule has 0 bridgehead atoms. The summed E-state index contributed by atoms with van der Waals surface area (Å²) >= 11 is 1.43. The predicted octanol–water partition coefficient (Wildman–Crippen LogP) is 2.65. The van der Waals surface area contributed by atoms with Gasteiger partial charge in [0.2, 0.25) is 12.7 Å². The molecule has 2 N–H and O–H groups in total. The van der Waals surface area contributed by atoms with E-state index < -0.39 is 0 Å². The minimum absolute atomic E-state index is 0.0351. The average molecular weight is 409 g/mol. The summed E-state index contributed by atoms with van der Waals surface area (Å²) in [6.45, 7) is 0.568. The molecule has 4 rings (SSSR count). The third-order valence-electron chi connectivity index (χ3n) is 4.26. The Morgan fingerprint density at radius 1 is 1.07 bits per heavy atom. The molecular formula is C21H19N3O4S. The number of nitrogens with one attached hydrogen (secondary N) is 2. The zero-order valence-corrected chi connectivity index (χ0v) is 16.3. The quantitative estimate of drug-likeness (QED) is 0.460. The lowest BCUT2D eigenvalue weighted by molar-refractivity contribution is -0.120. The van der Waals surface area contributed by atoms with Crippen LogP contribution in [0.4, 0.5) is 0 Å². The monoisotopic (exact) mass is 409 g/mol. The number of aromatic amines is 1. The van der Waals surface area contributed by atoms with Gasteiger partial charge in [-0.05, 0) is 23.3 Å². The number of carbonyl (C=O) groups excluding carboxylic acids is 1. The van der Waals surface area contributed by atoms with Crippen molar-refractivity contribution in [1.29, 1.82) is 0 Å². The molecule has 0 radical (unpaired) electrons. The summed E-state index contributed by atoms with van der Waals surface area (Å²) in [5.74, 6) is 1.85. The van der Waals surface area contributed by atoms with E-state index in [1.165, 1.54) is 17.8 Å². The highest BCUT2D eigenvalue weighted by Crippen LogP contribution is 2.32. The molecule has 8 heteroatoms. The van der Waals surface area contributed by atoms with E-state index in [2.05, 4.69) is 15.3 Å². The van der Waals surface area contributed by atoms with Crippen LogP contribution >= 0.6 is 11.8 Å². The van der Waals surface area contributed by atoms with Crippen molar-refractivity contribution >= 4 is 17.7 Å². The number of ether oxygens (including phenoxy) is 2. The standard InChI is InChI=1S/C21H19N3O4S/c25-19(22-11-15-6-7-17-18(8-15)28-13-27-17)9-16-10-20(26)24-21(23-16)29-12-14-4-2-1-3-5-14/h1-8,10H,9,11-13H2,(H,22,25)(H,23,24,26). The van der Waals surface area contributed by atoms with Crippen molar-refractivity contribution in [1.82, 2.24) is 15.3 Å². The summed E-state index contributed by atoms with van der Waals surface area (Å²) in [6, 6.07) is 16.8. The van der Waals surface area contributed by atoms with Gasteiger partial charge in [0.05, 0.1) is 12.1 Å². The van der Waals surface area contributed by atoms with Crippen molar-refractivity contribution in [2.24, 2.45) is 0 Å². The van der Waals surface area contributed by atoms with Crippen molar-refractivity contribution in [2.75, 3.05) is 6.79 Å². The molecular weight excluding hydrogens is 390 g/mol. The smallest absolute Gasteiger partial charge is 0.251 e. The van der Waals surface area contributed by atoms with Gasteiger partial charge in [-0.15, -0.1) is 0 Å². The maximum atomic E-state index is 12.3. The van der Waals surface area contributed by atoms with Gasteiger partial charge in [-0.2, -0.15) is 0 Å². The molecule has 0 fully saturated rings. The molecule has 2 aromatic carbocycles. The molecule has 7 nitrogen and oxygen atoms in total. The Morgan fingerprint density at radius 3 is 2.76 bits per heavy atom. The fraction of sp³-hybridized carbons (Fsp3) is 0.190. The van der Waals surface area contributed by atoms with Crippen LogP contribution in [0.2, 0.25) is 0 Å². The maximum absolute atomic E-state index is 12.3. The number of carbonyl (C=O) groups is 1. The SMILES string of the molecule is O=C(Cc1cc(=O)[nH]c(SCc2ccccc2)n1)NCc1ccc2c(c1)OCO2. The topological polar surface area (TPSA) is 93.3 Å². The van der Waals surface area contributed by atoms with E-state index in [4.69, 9.17) is 9.47 Å². The van der Waals surface area contributed by atoms with Gasteiger partial charge >= 0.3 is 0 Å². The molecule has 148 valence electrons. The molecule has 1 amide bonds. The maximum Gasteiger partial charge on any atom is 0.251 e. The van der Waals surface area contributed by atoms with Gasteiger partial charge in [0.1, 0.15) is 0 Å². The van der Waals surface area contributed by atoms with Crippen LogP contribution < -0.4 is 20.3 Å². The zero-order chi connectivity index (χ0) is 20.1. The van der Waals surface area contributed by atoms with Gasteiger partial charge in [-0.25, -0.2) is 4.98 Å². The molecule has 1 aromatic heterocycles. The lowest BCUT2D eigenvalue weighted by Gasteiger charge is -2.07. The Kier molecular flexibility index (Phi) is 5.81. The third-order valence-corrected chi connectivity index (χ3v) is 5.20. The summed E-state index contributed by atoms with van der Waals surface area (Å²) < 4.78 is 10.6. The molecule has 0 spiro atoms. The molecule has 1 aliphatic heterocycles. The Morgan fingerprint density at radius 2 is 1.90 bits per heavy atom. The number of amides is 1. The number of hydrogen-bond donors (Lipinski definition) is 2. The normalized spacial score (nSPS) is 12.0. The van der Waals surface area contributed by atoms with Crippen LogP contribution in [0.1, 0.15) is 16.8 Å². The van der Waals surface area contributed by atoms with E-state index in [1.807, 2.05) is 48.5 Å². The molecule has 0 atom stereocenters. The number of hydrogen-bond acceptors (Lipinski definition) is 6. The Labute approximate surface area is 171 Å². The molecule has 0 aliphatic carbocycles. The minimum atomic E-state index is -0.269. The summed E-state index contributed by atoms with van der Waals surface area (Å²) in [4.78, 5) is 31.3. The Bertz CT molecular complexity index is 1070. The van der Waals surface area contributed by atoms with Crippen molar-refractivity contribution in [3.8, 4) is 11.5 Å². The first kappa shape index (κ1) is 19.1. The number of fused-ring (bicyclic) bond motifs is 1. The Hall–Kier alpha value is -3.26. The van der Waals surface area contributed by atoms with E-state index >= 15 is 0 Å². The molecule has 29 heavy (non-hydrogen) atoms. The second-order valence-corrected chi connectivity index (χ2v) is 7.42. The number of aromatic nitrogens is 2. The fourth-order valence-electron chi connectivity index (χ4n) is 2.85. The number of nitrogens with zero attached hydrogens (tertiary/aromatic N) is 1. The molecule has 1 aliphatic rings. The zero-order valence-electron chi connectivity index (χ0n) is 15.5. The van der Waals surface area contributed by atoms with Crippen LogP contribution in [0.5, 0.6) is 11.5 Å². The molecule has 0 saturated carbocycles. The number of H-pyrrole nitrogens is 1. The number of benzene rings is 2. The van der Waals surface area contributed by atoms with Crippen LogP contribution in [0.25, 0.3) is 0 Å². The average Bonchev–Trinajstić information content (AvgIpc) is 3.19. The van der Waals surface area contributed by atoms with Crippen LogP contribution in [0.3, 0.4) is 0 Å². The largest absolute Gasteiger partial charge is 0.454 e. The predicted molar refractivity (Wildman–Crippen MR) is 109 cm³/mol. The van der Waals surface area contributed by atoms with Crippen molar-refractivity contribution < 1.29 is 14.3 Å². The summed E-state index contributed by atoms with van der Waals surface area (Å²) in [7, 11) is 0. The van der Waals surface area contributed by atoms with Crippen LogP contribution in [-0.4, -0.2) is 22.7 Å². The highest BCUT2D eigenvalue weighted by Gasteiger charge is 2.14. The third kappa shape index (κ3) is 5.17. The van der Waals surface area contributed by atoms with Crippen LogP contribution in [0, 0.1) is 0 Å². The van der Waals surface area contributed by atoms with Gasteiger partial charge in [-0.3, -0.25) is 9.59 Å². The molecule has 3 aromatic rings. The van der Waals surface area contributed by atoms with Gasteiger partial charge in [0.15, 0.2) is 16.7 Å². The molecule has 0 saturated heterocycles. The van der Waals surface area contributed by atoms with Gasteiger partial charge in [0.25, 0.3) is 5.56 Å². The van der Waals surface area contributed by atoms with Crippen molar-refractivity contribution in [3.63, 3.8) is 0 Å². The van der Waals surface area contributed by atoms with Crippen molar-refractivity contribution in [2.45, 2.75) is 23.9 Å². The minimum Gasteiger partial charge on any atom is -0.454 e. The van der Waals surface area contributed by atoms with Gasteiger partial charge < -0.3 is 19.8 Å². The van der Waals surface area contributed by atoms with Crippen LogP contribution in [-0.2, 0) is 23.5 Å². The van der Waals surface area contributed by atoms with E-state index in [1.54, 1.807) is 0 Å². The molecule has 0 unspecified atom stereocenters. The summed E-state index contributed by atoms with van der Waals surface area (Å²) in [5.41, 5.74) is 2.20. The van der Waals surface area contributed by atoms with Crippen molar-refractivity contribution in [3.05, 3.63) is 81.8 Å². The summed E-state index contributed by atoms with van der Waals surface area (Å²) in [6.07, 6.45) is 0.0351. The van der Waals surface area contributed by atoms with E-state index in [0.717, 1.165) is 11.1 Å². The van der Waals surface area contributed by atoms with Gasteiger partial charge in [0, 0.05) is 18.4 Å². The first-order valence-corrected chi connectivity index (χ1v) is 10.1. The first-order valence-electron chi connectivity index (χ1n) is 9.08. The highest BCUT2D eigenvalue weighted by molar-refractivity contribution is 7.98. The van der Waals surface area contributed by atoms with Crippen LogP contribution in [0.15, 0.2) is 64.5 Å². The lowest BCUT2D eigenvalue weighted by atomic mass is 10.2. The second-order valence-electron chi connectivity index (χ2n) is 6.46. The van der Waals surface area contributed by atoms with Gasteiger partial charge in [-0.1, -0.05) is 48.2 Å². The first-order chi connectivity index (χ1) is 14.2. The van der Waals surface area contributed by atoms with E-state index in [0.29, 0.717) is 34.6 Å². The van der Waals surface area contributed by atoms with E-state index in [-0.39, 0.29) is 24.7 Å². The number of thioether (sulfide) groups is 1. The molecule has 2 heterocycles. The lowest BCUT2D eigenvalue weighted by Crippen LogP contribution is -2.25. The van der Waals surface area contributed by atoms with E-state index in [9.17, 15) is 9.59 Å². The summed E-state index contributed by atoms with van der Waals surface area (Å²) in [5, 5.41) is 3.34. The second kappa shape index (κ2) is 8.83. The highest BCUT2D eigenvalue weighted by atomic mass is 32.2. The fourth-order valence-corrected chi connectivity index (χ4v) is 3.70.